The van der Waals surface area contributed by atoms with Gasteiger partial charge in [0.05, 0.1) is 4.88 Å². The minimum Gasteiger partial charge on any atom is -0.365 e. The van der Waals surface area contributed by atoms with Gasteiger partial charge in [-0.3, -0.25) is 4.79 Å². The second-order valence-electron chi connectivity index (χ2n) is 1.99. The van der Waals surface area contributed by atoms with Crippen LogP contribution in [0.3, 0.4) is 0 Å². The molecule has 0 aliphatic rings. The van der Waals surface area contributed by atoms with E-state index in [1.807, 2.05) is 5.38 Å². The number of primary amides is 2. The van der Waals surface area contributed by atoms with Gasteiger partial charge in [0.15, 0.2) is 0 Å². The molecule has 1 aromatic rings. The van der Waals surface area contributed by atoms with Gasteiger partial charge in [0.2, 0.25) is 0 Å². The van der Waals surface area contributed by atoms with Crippen LogP contribution in [-0.2, 0) is 10.5 Å². The highest BCUT2D eigenvalue weighted by atomic mass is 32.2. The highest BCUT2D eigenvalue weighted by molar-refractivity contribution is 7.62. The Kier molecular flexibility index (Phi) is 5.90. The summed E-state index contributed by atoms with van der Waals surface area (Å²) in [5, 5.41) is 1.82. The Morgan fingerprint density at radius 3 is 2.07 bits per heavy atom. The molecule has 4 N–H and O–H groups in total. The van der Waals surface area contributed by atoms with Crippen LogP contribution in [0.25, 0.3) is 0 Å². The molecule has 0 unspecified atom stereocenters. The van der Waals surface area contributed by atoms with Crippen molar-refractivity contribution in [2.75, 3.05) is 0 Å². The maximum Gasteiger partial charge on any atom is 0.353 e. The fourth-order valence-electron chi connectivity index (χ4n) is 0.492. The summed E-state index contributed by atoms with van der Waals surface area (Å²) in [7, 11) is -2.70. The predicted molar refractivity (Wildman–Crippen MR) is 53.8 cm³/mol. The number of urea groups is 1. The second-order valence-corrected chi connectivity index (χ2v) is 3.55. The number of nitrogens with two attached hydrogens (primary N) is 2. The first-order valence-electron chi connectivity index (χ1n) is 3.37. The highest BCUT2D eigenvalue weighted by Crippen LogP contribution is 2.05. The molecule has 0 bridgehead atoms. The Balaban J connectivity index is 0.000000265. The van der Waals surface area contributed by atoms with Crippen LogP contribution >= 0.6 is 11.3 Å². The van der Waals surface area contributed by atoms with Gasteiger partial charge in [-0.05, 0) is 11.4 Å². The van der Waals surface area contributed by atoms with Crippen molar-refractivity contribution < 1.29 is 18.0 Å². The average Bonchev–Trinajstić information content (AvgIpc) is 2.52. The van der Waals surface area contributed by atoms with Gasteiger partial charge in [-0.15, -0.1) is 11.3 Å². The Labute approximate surface area is 90.4 Å². The SMILES string of the molecule is NC(=O)N=S(=O)=O.NC(=O)c1cccs1. The van der Waals surface area contributed by atoms with Crippen LogP contribution in [-0.4, -0.2) is 20.4 Å². The minimum atomic E-state index is -2.70. The van der Waals surface area contributed by atoms with Crippen LogP contribution in [0.2, 0.25) is 0 Å². The molecule has 15 heavy (non-hydrogen) atoms. The van der Waals surface area contributed by atoms with Crippen molar-refractivity contribution in [2.24, 2.45) is 15.8 Å². The van der Waals surface area contributed by atoms with E-state index in [0.29, 0.717) is 4.88 Å². The van der Waals surface area contributed by atoms with Gasteiger partial charge in [0.1, 0.15) is 0 Å². The maximum atomic E-state index is 10.3. The van der Waals surface area contributed by atoms with Crippen LogP contribution in [0.5, 0.6) is 0 Å². The molecule has 0 atom stereocenters. The van der Waals surface area contributed by atoms with Crippen molar-refractivity contribution in [3.63, 3.8) is 0 Å². The topological polar surface area (TPSA) is 133 Å². The van der Waals surface area contributed by atoms with E-state index in [9.17, 15) is 18.0 Å². The van der Waals surface area contributed by atoms with Crippen LogP contribution in [0, 0.1) is 0 Å². The first kappa shape index (κ1) is 13.3. The molecule has 9 heteroatoms. The molecule has 7 nitrogen and oxygen atoms in total. The Bertz CT molecular complexity index is 455. The predicted octanol–water partition coefficient (Wildman–Crippen LogP) is -0.0252. The summed E-state index contributed by atoms with van der Waals surface area (Å²) in [6, 6.07) is 2.30. The summed E-state index contributed by atoms with van der Waals surface area (Å²) in [6.45, 7) is 0. The van der Waals surface area contributed by atoms with Gasteiger partial charge >= 0.3 is 16.5 Å². The second kappa shape index (κ2) is 6.68. The fourth-order valence-corrected chi connectivity index (χ4v) is 1.22. The summed E-state index contributed by atoms with van der Waals surface area (Å²) < 4.78 is 21.0. The van der Waals surface area contributed by atoms with Crippen molar-refractivity contribution >= 4 is 33.8 Å². The molecular weight excluding hydrogens is 242 g/mol. The van der Waals surface area contributed by atoms with Crippen molar-refractivity contribution in [2.45, 2.75) is 0 Å². The van der Waals surface area contributed by atoms with E-state index in [-0.39, 0.29) is 5.91 Å². The van der Waals surface area contributed by atoms with Crippen molar-refractivity contribution in [1.82, 2.24) is 0 Å². The van der Waals surface area contributed by atoms with Crippen LogP contribution in [0.1, 0.15) is 9.67 Å². The molecule has 0 aliphatic heterocycles. The van der Waals surface area contributed by atoms with Gasteiger partial charge in [-0.25, -0.2) is 4.79 Å². The molecule has 0 saturated heterocycles. The Hall–Kier alpha value is -1.74. The average molecular weight is 249 g/mol. The van der Waals surface area contributed by atoms with Crippen LogP contribution < -0.4 is 11.5 Å². The Morgan fingerprint density at radius 1 is 1.33 bits per heavy atom. The van der Waals surface area contributed by atoms with Gasteiger partial charge in [-0.2, -0.15) is 8.42 Å². The minimum absolute atomic E-state index is 0.347. The molecule has 1 aromatic heterocycles. The lowest BCUT2D eigenvalue weighted by Crippen LogP contribution is -2.07. The number of hydrogen-bond donors (Lipinski definition) is 2. The standard InChI is InChI=1S/C5H5NOS.CH2N2O3S/c6-5(7)4-2-1-3-8-4;2-1(4)3-7(5)6/h1-3H,(H2,6,7);(H2,2,4). The Morgan fingerprint density at radius 2 is 1.93 bits per heavy atom. The zero-order valence-electron chi connectivity index (χ0n) is 7.28. The zero-order chi connectivity index (χ0) is 11.8. The number of amides is 3. The molecule has 1 rings (SSSR count). The molecule has 1 heterocycles. The molecule has 0 aromatic carbocycles. The molecule has 3 amide bonds. The third-order valence-corrected chi connectivity index (χ3v) is 2.14. The number of carbonyl (C=O) groups excluding carboxylic acids is 2. The van der Waals surface area contributed by atoms with Crippen molar-refractivity contribution in [3.8, 4) is 0 Å². The summed E-state index contributed by atoms with van der Waals surface area (Å²) >= 11 is 1.36. The first-order valence-corrected chi connectivity index (χ1v) is 5.28. The summed E-state index contributed by atoms with van der Waals surface area (Å²) in [6.07, 6.45) is 0. The lowest BCUT2D eigenvalue weighted by atomic mass is 10.5. The van der Waals surface area contributed by atoms with Gasteiger partial charge in [0.25, 0.3) is 5.91 Å². The number of hydrogen-bond acceptors (Lipinski definition) is 5. The highest BCUT2D eigenvalue weighted by Gasteiger charge is 1.96. The molecule has 0 aliphatic carbocycles. The summed E-state index contributed by atoms with van der Waals surface area (Å²) in [5.41, 5.74) is 9.22. The fraction of sp³-hybridized carbons (Fsp3) is 0. The van der Waals surface area contributed by atoms with E-state index < -0.39 is 16.5 Å². The van der Waals surface area contributed by atoms with Crippen molar-refractivity contribution in [1.29, 1.82) is 0 Å². The monoisotopic (exact) mass is 249 g/mol. The van der Waals surface area contributed by atoms with Gasteiger partial charge in [-0.1, -0.05) is 10.4 Å². The lowest BCUT2D eigenvalue weighted by Gasteiger charge is -1.80. The smallest absolute Gasteiger partial charge is 0.353 e. The van der Waals surface area contributed by atoms with E-state index in [0.717, 1.165) is 0 Å². The van der Waals surface area contributed by atoms with Gasteiger partial charge in [0, 0.05) is 0 Å². The first-order chi connectivity index (χ1) is 6.93. The van der Waals surface area contributed by atoms with Crippen LogP contribution in [0.15, 0.2) is 21.9 Å². The largest absolute Gasteiger partial charge is 0.365 e. The van der Waals surface area contributed by atoms with Gasteiger partial charge < -0.3 is 11.5 Å². The van der Waals surface area contributed by atoms with Crippen LogP contribution in [0.4, 0.5) is 4.79 Å². The molecule has 82 valence electrons. The molecule has 0 spiro atoms. The molecule has 0 radical (unpaired) electrons. The van der Waals surface area contributed by atoms with E-state index in [4.69, 9.17) is 5.73 Å². The third-order valence-electron chi connectivity index (χ3n) is 0.929. The van der Waals surface area contributed by atoms with Crippen molar-refractivity contribution in [3.05, 3.63) is 22.4 Å². The molecule has 0 fully saturated rings. The quantitative estimate of drug-likeness (QED) is 0.723. The molecule has 0 saturated carbocycles. The summed E-state index contributed by atoms with van der Waals surface area (Å²) in [5.74, 6) is -0.347. The lowest BCUT2D eigenvalue weighted by molar-refractivity contribution is 0.100. The van der Waals surface area contributed by atoms with E-state index in [1.165, 1.54) is 11.3 Å². The maximum absolute atomic E-state index is 10.3. The number of rotatable bonds is 1. The molecular formula is C6H7N3O4S2. The zero-order valence-corrected chi connectivity index (χ0v) is 8.92. The van der Waals surface area contributed by atoms with E-state index in [2.05, 4.69) is 10.1 Å². The number of carbonyl (C=O) groups is 2. The van der Waals surface area contributed by atoms with E-state index in [1.54, 1.807) is 12.1 Å². The number of nitrogens with zero attached hydrogens (tertiary/aromatic N) is 1. The van der Waals surface area contributed by atoms with E-state index >= 15 is 0 Å². The number of thiophene rings is 1. The summed E-state index contributed by atoms with van der Waals surface area (Å²) in [4.78, 5) is 20.4. The normalized spacial score (nSPS) is 8.27. The third kappa shape index (κ3) is 7.34.